The maximum Gasteiger partial charge on any atom is 0.417 e. The van der Waals surface area contributed by atoms with Crippen molar-refractivity contribution in [1.29, 1.82) is 0 Å². The van der Waals surface area contributed by atoms with Crippen LogP contribution in [0.2, 0.25) is 18.1 Å². The van der Waals surface area contributed by atoms with Gasteiger partial charge in [0.15, 0.2) is 8.32 Å². The molecule has 0 saturated carbocycles. The Morgan fingerprint density at radius 3 is 1.69 bits per heavy atom. The Hall–Kier alpha value is -0.903. The average Bonchev–Trinajstić information content (AvgIpc) is 2.90. The molecule has 0 aromatic heterocycles. The van der Waals surface area contributed by atoms with Crippen LogP contribution in [-0.4, -0.2) is 29.9 Å². The van der Waals surface area contributed by atoms with Gasteiger partial charge in [0.1, 0.15) is 0 Å². The molecule has 1 aromatic carbocycles. The molecule has 0 unspecified atom stereocenters. The van der Waals surface area contributed by atoms with Crippen LogP contribution >= 0.6 is 0 Å². The molecule has 0 aliphatic rings. The van der Waals surface area contributed by atoms with Crippen LogP contribution < -0.4 is 4.72 Å². The maximum absolute atomic E-state index is 13.2. The molecule has 4 nitrogen and oxygen atoms in total. The van der Waals surface area contributed by atoms with Crippen LogP contribution in [0.5, 0.6) is 0 Å². The van der Waals surface area contributed by atoms with Gasteiger partial charge in [0.2, 0.25) is 10.0 Å². The van der Waals surface area contributed by atoms with Crippen LogP contribution in [0.25, 0.3) is 0 Å². The van der Waals surface area contributed by atoms with E-state index in [1.165, 1.54) is 107 Å². The van der Waals surface area contributed by atoms with Crippen LogP contribution in [0.15, 0.2) is 29.2 Å². The molecule has 0 radical (unpaired) electrons. The molecule has 0 saturated heterocycles. The molecule has 0 aliphatic heterocycles. The van der Waals surface area contributed by atoms with Crippen LogP contribution in [-0.2, 0) is 20.6 Å². The predicted octanol–water partition coefficient (Wildman–Crippen LogP) is 9.86. The Morgan fingerprint density at radius 2 is 1.21 bits per heavy atom. The number of benzene rings is 1. The number of nitrogens with one attached hydrogen (secondary N) is 1. The zero-order valence-corrected chi connectivity index (χ0v) is 26.5. The minimum absolute atomic E-state index is 0.113. The summed E-state index contributed by atoms with van der Waals surface area (Å²) in [6.07, 6.45) is 12.6. The molecule has 1 aromatic rings. The van der Waals surface area contributed by atoms with Crippen molar-refractivity contribution in [3.05, 3.63) is 29.8 Å². The van der Waals surface area contributed by atoms with E-state index in [0.717, 1.165) is 25.0 Å². The molecule has 0 bridgehead atoms. The Labute approximate surface area is 238 Å². The van der Waals surface area contributed by atoms with Gasteiger partial charge in [-0.25, -0.2) is 13.1 Å². The summed E-state index contributed by atoms with van der Waals surface area (Å²) >= 11 is 0. The van der Waals surface area contributed by atoms with Gasteiger partial charge in [-0.05, 0) is 49.5 Å². The fourth-order valence-corrected chi connectivity index (χ4v) is 10.9. The van der Waals surface area contributed by atoms with E-state index >= 15 is 0 Å². The van der Waals surface area contributed by atoms with E-state index in [9.17, 15) is 21.6 Å². The summed E-state index contributed by atoms with van der Waals surface area (Å²) in [6.45, 7) is 7.54. The van der Waals surface area contributed by atoms with Gasteiger partial charge < -0.3 is 4.43 Å². The van der Waals surface area contributed by atoms with Gasteiger partial charge in [-0.15, -0.1) is 0 Å². The Balaban J connectivity index is 2.63. The first-order valence-corrected chi connectivity index (χ1v) is 19.4. The second-order valence-electron chi connectivity index (χ2n) is 10.9. The number of hydrogen-bond donors (Lipinski definition) is 1. The third kappa shape index (κ3) is 15.1. The zero-order valence-electron chi connectivity index (χ0n) is 24.7. The van der Waals surface area contributed by atoms with Crippen molar-refractivity contribution in [3.63, 3.8) is 0 Å². The maximum atomic E-state index is 13.2. The molecule has 0 atom stereocenters. The van der Waals surface area contributed by atoms with Crippen LogP contribution in [0.4, 0.5) is 13.2 Å². The smallest absolute Gasteiger partial charge is 0.417 e. The van der Waals surface area contributed by atoms with E-state index in [2.05, 4.69) is 25.5 Å². The summed E-state index contributed by atoms with van der Waals surface area (Å²) in [5, 5.41) is 0. The molecular weight excluding hydrogens is 539 g/mol. The highest BCUT2D eigenvalue weighted by molar-refractivity contribution is 7.89. The van der Waals surface area contributed by atoms with E-state index in [1.54, 1.807) is 0 Å². The predicted molar refractivity (Wildman–Crippen MR) is 159 cm³/mol. The lowest BCUT2D eigenvalue weighted by Crippen LogP contribution is -2.38. The lowest BCUT2D eigenvalue weighted by Gasteiger charge is -2.32. The van der Waals surface area contributed by atoms with Gasteiger partial charge in [0.05, 0.1) is 10.5 Å². The van der Waals surface area contributed by atoms with Crippen molar-refractivity contribution in [2.75, 3.05) is 13.2 Å². The molecule has 1 N–H and O–H groups in total. The molecule has 228 valence electrons. The molecule has 9 heteroatoms. The largest absolute Gasteiger partial charge is 0.417 e. The number of alkyl halides is 3. The van der Waals surface area contributed by atoms with Gasteiger partial charge in [0.25, 0.3) is 0 Å². The first kappa shape index (κ1) is 36.1. The van der Waals surface area contributed by atoms with Crippen molar-refractivity contribution < 1.29 is 26.0 Å². The number of hydrogen-bond acceptors (Lipinski definition) is 3. The first-order valence-electron chi connectivity index (χ1n) is 15.4. The second kappa shape index (κ2) is 20.1. The highest BCUT2D eigenvalue weighted by Gasteiger charge is 2.37. The Morgan fingerprint density at radius 1 is 0.718 bits per heavy atom. The van der Waals surface area contributed by atoms with Crippen molar-refractivity contribution in [3.8, 4) is 0 Å². The second-order valence-corrected chi connectivity index (χ2v) is 16.8. The minimum atomic E-state index is -4.72. The monoisotopic (exact) mass is 593 g/mol. The van der Waals surface area contributed by atoms with E-state index in [-0.39, 0.29) is 6.54 Å². The fourth-order valence-electron chi connectivity index (χ4n) is 5.13. The summed E-state index contributed by atoms with van der Waals surface area (Å²) in [4.78, 5) is -0.717. The number of sulfonamides is 1. The molecule has 0 fully saturated rings. The van der Waals surface area contributed by atoms with E-state index < -0.39 is 35.0 Å². The number of rotatable bonds is 24. The Kier molecular flexibility index (Phi) is 18.6. The van der Waals surface area contributed by atoms with E-state index in [4.69, 9.17) is 4.43 Å². The highest BCUT2D eigenvalue weighted by atomic mass is 32.2. The highest BCUT2D eigenvalue weighted by Crippen LogP contribution is 2.34. The van der Waals surface area contributed by atoms with Crippen LogP contribution in [0.3, 0.4) is 0 Å². The average molecular weight is 594 g/mol. The summed E-state index contributed by atoms with van der Waals surface area (Å²) < 4.78 is 74.0. The van der Waals surface area contributed by atoms with Gasteiger partial charge in [-0.2, -0.15) is 13.2 Å². The van der Waals surface area contributed by atoms with Crippen molar-refractivity contribution in [1.82, 2.24) is 4.72 Å². The Bertz CT molecular complexity index is 834. The quantitative estimate of drug-likeness (QED) is 0.0959. The third-order valence-corrected chi connectivity index (χ3v) is 13.6. The standard InChI is InChI=1S/C30H54F3NO3SSi/c1-4-7-10-18-25-39(26-19-11-8-5-2,27-20-12-9-6-3)37-24-17-13-16-23-34-38(35,36)29-22-15-14-21-28(29)30(31,32)33/h14-15,21-22,34H,4-13,16-20,23-27H2,1-3H3. The molecule has 0 aliphatic carbocycles. The molecule has 0 spiro atoms. The zero-order chi connectivity index (χ0) is 29.0. The van der Waals surface area contributed by atoms with Gasteiger partial charge in [-0.3, -0.25) is 0 Å². The number of halogens is 3. The third-order valence-electron chi connectivity index (χ3n) is 7.46. The first-order chi connectivity index (χ1) is 18.6. The van der Waals surface area contributed by atoms with E-state index in [1.807, 2.05) is 0 Å². The van der Waals surface area contributed by atoms with Crippen LogP contribution in [0, 0.1) is 0 Å². The molecular formula is C30H54F3NO3SSi. The fraction of sp³-hybridized carbons (Fsp3) is 0.800. The summed E-state index contributed by atoms with van der Waals surface area (Å²) in [6, 6.07) is 8.03. The van der Waals surface area contributed by atoms with E-state index in [0.29, 0.717) is 13.0 Å². The normalized spacial score (nSPS) is 12.8. The molecule has 1 rings (SSSR count). The lowest BCUT2D eigenvalue weighted by molar-refractivity contribution is -0.139. The topological polar surface area (TPSA) is 55.4 Å². The molecule has 0 heterocycles. The molecule has 0 amide bonds. The van der Waals surface area contributed by atoms with Crippen molar-refractivity contribution in [2.24, 2.45) is 0 Å². The van der Waals surface area contributed by atoms with Crippen molar-refractivity contribution in [2.45, 2.75) is 146 Å². The number of unbranched alkanes of at least 4 members (excludes halogenated alkanes) is 11. The summed E-state index contributed by atoms with van der Waals surface area (Å²) in [5.74, 6) is 0. The van der Waals surface area contributed by atoms with Gasteiger partial charge >= 0.3 is 6.18 Å². The van der Waals surface area contributed by atoms with Gasteiger partial charge in [0, 0.05) is 13.2 Å². The summed E-state index contributed by atoms with van der Waals surface area (Å²) in [7, 11) is -6.06. The molecule has 39 heavy (non-hydrogen) atoms. The van der Waals surface area contributed by atoms with Crippen LogP contribution in [0.1, 0.15) is 123 Å². The van der Waals surface area contributed by atoms with Crippen molar-refractivity contribution >= 4 is 18.3 Å². The lowest BCUT2D eigenvalue weighted by atomic mass is 10.2. The minimum Gasteiger partial charge on any atom is -0.417 e. The SMILES string of the molecule is CCCCCC[Si](CCCCCC)(CCCCCC)OCCCCCNS(=O)(=O)c1ccccc1C(F)(F)F. The van der Waals surface area contributed by atoms with Gasteiger partial charge in [-0.1, -0.05) is 110 Å². The summed E-state index contributed by atoms with van der Waals surface area (Å²) in [5.41, 5.74) is -1.14.